The van der Waals surface area contributed by atoms with Crippen molar-refractivity contribution < 1.29 is 13.9 Å². The lowest BCUT2D eigenvalue weighted by atomic mass is 9.84. The van der Waals surface area contributed by atoms with Gasteiger partial charge in [0.05, 0.1) is 0 Å². The lowest BCUT2D eigenvalue weighted by Gasteiger charge is -2.34. The first-order chi connectivity index (χ1) is 7.87. The number of halogens is 1. The number of carbonyl (C=O) groups excluding carboxylic acids is 1. The fraction of sp³-hybridized carbons (Fsp3) is 0.923. The molecule has 0 N–H and O–H groups in total. The van der Waals surface area contributed by atoms with Crippen molar-refractivity contribution in [2.75, 3.05) is 6.54 Å². The minimum Gasteiger partial charge on any atom is -0.444 e. The molecule has 2 rings (SSSR count). The molecule has 0 spiro atoms. The molecule has 1 saturated carbocycles. The average molecular weight is 243 g/mol. The first kappa shape index (κ1) is 12.7. The fourth-order valence-corrected chi connectivity index (χ4v) is 2.90. The molecule has 0 aromatic rings. The van der Waals surface area contributed by atoms with Crippen molar-refractivity contribution >= 4 is 6.09 Å². The number of carbonyl (C=O) groups is 1. The van der Waals surface area contributed by atoms with E-state index in [4.69, 9.17) is 4.74 Å². The van der Waals surface area contributed by atoms with Crippen LogP contribution in [0.4, 0.5) is 9.18 Å². The highest BCUT2D eigenvalue weighted by atomic mass is 19.1. The topological polar surface area (TPSA) is 29.5 Å². The molecule has 1 aliphatic heterocycles. The van der Waals surface area contributed by atoms with Crippen LogP contribution in [0.15, 0.2) is 0 Å². The molecule has 1 heterocycles. The van der Waals surface area contributed by atoms with Crippen LogP contribution in [0, 0.1) is 5.92 Å². The van der Waals surface area contributed by atoms with E-state index in [1.807, 2.05) is 20.8 Å². The Hall–Kier alpha value is -0.800. The van der Waals surface area contributed by atoms with Gasteiger partial charge in [0.25, 0.3) is 0 Å². The van der Waals surface area contributed by atoms with Crippen molar-refractivity contribution in [3.05, 3.63) is 0 Å². The summed E-state index contributed by atoms with van der Waals surface area (Å²) >= 11 is 0. The summed E-state index contributed by atoms with van der Waals surface area (Å²) < 4.78 is 18.8. The Bertz CT molecular complexity index is 300. The SMILES string of the molecule is CC(C)(C)OC(=O)N1CC[C@@H]2CC[C@H](F)C[C@@H]21. The summed E-state index contributed by atoms with van der Waals surface area (Å²) in [5.41, 5.74) is -0.473. The van der Waals surface area contributed by atoms with E-state index in [9.17, 15) is 9.18 Å². The van der Waals surface area contributed by atoms with Crippen molar-refractivity contribution in [2.45, 2.75) is 64.3 Å². The number of ether oxygens (including phenoxy) is 1. The highest BCUT2D eigenvalue weighted by Gasteiger charge is 2.42. The summed E-state index contributed by atoms with van der Waals surface area (Å²) in [4.78, 5) is 13.7. The van der Waals surface area contributed by atoms with Gasteiger partial charge in [0.2, 0.25) is 0 Å². The zero-order chi connectivity index (χ0) is 12.6. The highest BCUT2D eigenvalue weighted by Crippen LogP contribution is 2.37. The Morgan fingerprint density at radius 1 is 1.29 bits per heavy atom. The van der Waals surface area contributed by atoms with Gasteiger partial charge in [-0.05, 0) is 52.4 Å². The number of hydrogen-bond donors (Lipinski definition) is 0. The van der Waals surface area contributed by atoms with Gasteiger partial charge in [-0.25, -0.2) is 9.18 Å². The van der Waals surface area contributed by atoms with Gasteiger partial charge in [-0.15, -0.1) is 0 Å². The molecule has 0 aromatic heterocycles. The van der Waals surface area contributed by atoms with Crippen molar-refractivity contribution in [2.24, 2.45) is 5.92 Å². The van der Waals surface area contributed by atoms with E-state index in [2.05, 4.69) is 0 Å². The van der Waals surface area contributed by atoms with Crippen LogP contribution in [0.1, 0.15) is 46.5 Å². The molecule has 2 aliphatic rings. The van der Waals surface area contributed by atoms with Gasteiger partial charge in [-0.2, -0.15) is 0 Å². The number of hydrogen-bond acceptors (Lipinski definition) is 2. The zero-order valence-electron chi connectivity index (χ0n) is 10.9. The van der Waals surface area contributed by atoms with E-state index in [1.54, 1.807) is 4.90 Å². The maximum Gasteiger partial charge on any atom is 0.410 e. The monoisotopic (exact) mass is 243 g/mol. The normalized spacial score (nSPS) is 33.4. The molecule has 1 amide bonds. The standard InChI is InChI=1S/C13H22FNO2/c1-13(2,3)17-12(16)15-7-6-9-4-5-10(14)8-11(9)15/h9-11H,4-8H2,1-3H3/t9-,10-,11-/m0/s1. The van der Waals surface area contributed by atoms with Gasteiger partial charge in [-0.3, -0.25) is 0 Å². The molecular formula is C13H22FNO2. The van der Waals surface area contributed by atoms with Crippen LogP contribution in [-0.2, 0) is 4.74 Å². The molecule has 0 radical (unpaired) electrons. The predicted molar refractivity (Wildman–Crippen MR) is 63.6 cm³/mol. The molecular weight excluding hydrogens is 221 g/mol. The maximum absolute atomic E-state index is 13.4. The van der Waals surface area contributed by atoms with Crippen LogP contribution >= 0.6 is 0 Å². The van der Waals surface area contributed by atoms with Crippen LogP contribution in [-0.4, -0.2) is 35.4 Å². The molecule has 0 aromatic carbocycles. The zero-order valence-corrected chi connectivity index (χ0v) is 10.9. The Morgan fingerprint density at radius 3 is 2.65 bits per heavy atom. The number of likely N-dealkylation sites (tertiary alicyclic amines) is 1. The van der Waals surface area contributed by atoms with E-state index in [-0.39, 0.29) is 12.1 Å². The molecule has 1 aliphatic carbocycles. The van der Waals surface area contributed by atoms with Crippen LogP contribution in [0.5, 0.6) is 0 Å². The van der Waals surface area contributed by atoms with Gasteiger partial charge in [0, 0.05) is 12.6 Å². The quantitative estimate of drug-likeness (QED) is 0.654. The minimum absolute atomic E-state index is 0.0635. The van der Waals surface area contributed by atoms with Crippen molar-refractivity contribution in [1.82, 2.24) is 4.90 Å². The number of fused-ring (bicyclic) bond motifs is 1. The first-order valence-corrected chi connectivity index (χ1v) is 6.50. The number of alkyl halides is 1. The third-order valence-electron chi connectivity index (χ3n) is 3.66. The van der Waals surface area contributed by atoms with E-state index in [0.717, 1.165) is 19.4 Å². The lowest BCUT2D eigenvalue weighted by Crippen LogP contribution is -2.44. The molecule has 3 nitrogen and oxygen atoms in total. The van der Waals surface area contributed by atoms with Gasteiger partial charge in [0.15, 0.2) is 0 Å². The molecule has 1 saturated heterocycles. The van der Waals surface area contributed by atoms with Crippen molar-refractivity contribution in [3.63, 3.8) is 0 Å². The second-order valence-corrected chi connectivity index (χ2v) is 6.20. The van der Waals surface area contributed by atoms with E-state index < -0.39 is 11.8 Å². The van der Waals surface area contributed by atoms with Gasteiger partial charge >= 0.3 is 6.09 Å². The third kappa shape index (κ3) is 2.90. The number of rotatable bonds is 0. The summed E-state index contributed by atoms with van der Waals surface area (Å²) in [6.07, 6.45) is 2.02. The van der Waals surface area contributed by atoms with E-state index in [0.29, 0.717) is 18.8 Å². The van der Waals surface area contributed by atoms with Crippen LogP contribution in [0.3, 0.4) is 0 Å². The highest BCUT2D eigenvalue weighted by molar-refractivity contribution is 5.69. The Balaban J connectivity index is 1.99. The van der Waals surface area contributed by atoms with Gasteiger partial charge in [0.1, 0.15) is 11.8 Å². The molecule has 98 valence electrons. The summed E-state index contributed by atoms with van der Waals surface area (Å²) in [7, 11) is 0. The molecule has 2 fully saturated rings. The maximum atomic E-state index is 13.4. The Kier molecular flexibility index (Phi) is 3.32. The van der Waals surface area contributed by atoms with E-state index in [1.165, 1.54) is 0 Å². The van der Waals surface area contributed by atoms with Gasteiger partial charge in [-0.1, -0.05) is 0 Å². The second-order valence-electron chi connectivity index (χ2n) is 6.20. The summed E-state index contributed by atoms with van der Waals surface area (Å²) in [5, 5.41) is 0. The third-order valence-corrected chi connectivity index (χ3v) is 3.66. The van der Waals surface area contributed by atoms with E-state index >= 15 is 0 Å². The summed E-state index contributed by atoms with van der Waals surface area (Å²) in [5.74, 6) is 0.481. The smallest absolute Gasteiger partial charge is 0.410 e. The summed E-state index contributed by atoms with van der Waals surface area (Å²) in [6, 6.07) is 0.0635. The predicted octanol–water partition coefficient (Wildman–Crippen LogP) is 3.13. The Morgan fingerprint density at radius 2 is 2.00 bits per heavy atom. The largest absolute Gasteiger partial charge is 0.444 e. The molecule has 17 heavy (non-hydrogen) atoms. The molecule has 4 heteroatoms. The first-order valence-electron chi connectivity index (χ1n) is 6.50. The minimum atomic E-state index is -0.751. The number of nitrogens with zero attached hydrogens (tertiary/aromatic N) is 1. The van der Waals surface area contributed by atoms with Gasteiger partial charge < -0.3 is 9.64 Å². The molecule has 0 bridgehead atoms. The second kappa shape index (κ2) is 4.46. The molecule has 0 unspecified atom stereocenters. The summed E-state index contributed by atoms with van der Waals surface area (Å²) in [6.45, 7) is 6.29. The lowest BCUT2D eigenvalue weighted by molar-refractivity contribution is 0.0143. The van der Waals surface area contributed by atoms with Crippen LogP contribution in [0.2, 0.25) is 0 Å². The fourth-order valence-electron chi connectivity index (χ4n) is 2.90. The van der Waals surface area contributed by atoms with Crippen molar-refractivity contribution in [1.29, 1.82) is 0 Å². The average Bonchev–Trinajstić information content (AvgIpc) is 2.57. The van der Waals surface area contributed by atoms with Crippen LogP contribution < -0.4 is 0 Å². The number of amides is 1. The van der Waals surface area contributed by atoms with Crippen molar-refractivity contribution in [3.8, 4) is 0 Å². The molecule has 3 atom stereocenters. The van der Waals surface area contributed by atoms with Crippen LogP contribution in [0.25, 0.3) is 0 Å². The Labute approximate surface area is 102 Å².